The summed E-state index contributed by atoms with van der Waals surface area (Å²) < 4.78 is 0. The Morgan fingerprint density at radius 3 is 1.52 bits per heavy atom. The van der Waals surface area contributed by atoms with E-state index in [-0.39, 0.29) is 27.6 Å². The molecule has 3 aromatic heterocycles. The van der Waals surface area contributed by atoms with Gasteiger partial charge in [-0.2, -0.15) is 20.5 Å². The van der Waals surface area contributed by atoms with Gasteiger partial charge >= 0.3 is 0 Å². The standard InChI is InChI=1S/C12H15NO.2C11H14N2.C10H13N3.4C2H6/c1-12(2,3)9-5-4-8-6-11(14)13-10(8)7-9;1-11(2,3)9-5-4-8-7-12-13-10(8)6-9;1-11(2,3)8-4-5-9-10(6-8)13-7-12-9;1-10(2,3)7-4-5-8-9(6-7)12-13-11-8;4*1-2/h4-5,7H,6H2,1-3H3,(H,13,14);2*4-7H,1-3H3,(H,12,13);4-6H,1-3H3,(H,11,12,13);4*1-2H3. The lowest BCUT2D eigenvalue weighted by molar-refractivity contribution is -0.115. The molecule has 9 heteroatoms. The zero-order valence-corrected chi connectivity index (χ0v) is 41.5. The van der Waals surface area contributed by atoms with Gasteiger partial charge in [0.25, 0.3) is 0 Å². The molecular weight excluding hydrogens is 753 g/mol. The van der Waals surface area contributed by atoms with Crippen molar-refractivity contribution in [2.75, 3.05) is 5.32 Å². The average molecular weight is 833 g/mol. The molecule has 0 unspecified atom stereocenters. The number of amides is 1. The molecule has 4 aromatic carbocycles. The zero-order valence-electron chi connectivity index (χ0n) is 41.5. The van der Waals surface area contributed by atoms with Crippen LogP contribution < -0.4 is 5.32 Å². The largest absolute Gasteiger partial charge is 0.345 e. The van der Waals surface area contributed by atoms with E-state index in [1.807, 2.05) is 73.7 Å². The Bertz CT molecular complexity index is 2120. The number of anilines is 1. The molecule has 1 aliphatic rings. The van der Waals surface area contributed by atoms with Crippen LogP contribution in [0.15, 0.2) is 85.3 Å². The molecule has 4 N–H and O–H groups in total. The molecule has 0 fully saturated rings. The van der Waals surface area contributed by atoms with Gasteiger partial charge < -0.3 is 10.3 Å². The normalized spacial score (nSPS) is 11.7. The number of nitrogens with zero attached hydrogens (tertiary/aromatic N) is 4. The first kappa shape index (κ1) is 53.7. The zero-order chi connectivity index (χ0) is 46.8. The fourth-order valence-electron chi connectivity index (χ4n) is 5.79. The monoisotopic (exact) mass is 833 g/mol. The van der Waals surface area contributed by atoms with Crippen LogP contribution >= 0.6 is 0 Å². The summed E-state index contributed by atoms with van der Waals surface area (Å²) in [5, 5.41) is 21.7. The van der Waals surface area contributed by atoms with Crippen molar-refractivity contribution in [3.63, 3.8) is 0 Å². The molecule has 7 aromatic rings. The summed E-state index contributed by atoms with van der Waals surface area (Å²) in [4.78, 5) is 18.5. The number of imidazole rings is 1. The Balaban J connectivity index is 0.000000385. The summed E-state index contributed by atoms with van der Waals surface area (Å²) in [5.74, 6) is 0.103. The Hall–Kier alpha value is -5.31. The lowest BCUT2D eigenvalue weighted by Crippen LogP contribution is -2.11. The van der Waals surface area contributed by atoms with Crippen molar-refractivity contribution in [3.05, 3.63) is 113 Å². The number of carbonyl (C=O) groups is 1. The molecule has 0 spiro atoms. The van der Waals surface area contributed by atoms with Crippen molar-refractivity contribution >= 4 is 44.6 Å². The van der Waals surface area contributed by atoms with E-state index in [2.05, 4.69) is 185 Å². The van der Waals surface area contributed by atoms with Gasteiger partial charge in [-0.05, 0) is 85.9 Å². The van der Waals surface area contributed by atoms with Crippen LogP contribution in [0.5, 0.6) is 0 Å². The van der Waals surface area contributed by atoms with Crippen LogP contribution in [0.25, 0.3) is 33.0 Å². The minimum Gasteiger partial charge on any atom is -0.345 e. The molecule has 1 aliphatic heterocycles. The van der Waals surface area contributed by atoms with E-state index in [1.54, 1.807) is 6.33 Å². The first-order valence-corrected chi connectivity index (χ1v) is 22.3. The van der Waals surface area contributed by atoms with Crippen LogP contribution in [0.3, 0.4) is 0 Å². The van der Waals surface area contributed by atoms with E-state index in [0.29, 0.717) is 6.42 Å². The molecule has 8 rings (SSSR count). The number of rotatable bonds is 0. The molecule has 0 aliphatic carbocycles. The van der Waals surface area contributed by atoms with Crippen molar-refractivity contribution in [1.82, 2.24) is 35.6 Å². The molecule has 0 saturated carbocycles. The number of benzene rings is 4. The molecular formula is C52H80N8O. The van der Waals surface area contributed by atoms with Crippen molar-refractivity contribution < 1.29 is 4.79 Å². The number of hydrogen-bond acceptors (Lipinski definition) is 5. The van der Waals surface area contributed by atoms with E-state index in [1.165, 1.54) is 27.6 Å². The number of aromatic nitrogens is 7. The molecule has 4 heterocycles. The van der Waals surface area contributed by atoms with Crippen LogP contribution in [0, 0.1) is 0 Å². The highest BCUT2D eigenvalue weighted by Crippen LogP contribution is 2.30. The lowest BCUT2D eigenvalue weighted by atomic mass is 9.86. The lowest BCUT2D eigenvalue weighted by Gasteiger charge is -2.19. The van der Waals surface area contributed by atoms with Crippen LogP contribution in [-0.2, 0) is 32.9 Å². The molecule has 0 atom stereocenters. The smallest absolute Gasteiger partial charge is 0.228 e. The SMILES string of the molecule is CC.CC.CC.CC.CC(C)(C)c1ccc2c(c1)NC(=O)C2.CC(C)(C)c1ccc2cn[nH]c2c1.CC(C)(C)c1ccc2n[nH]nc2c1.CC(C)(C)c1ccc2nc[nH]c2c1. The number of nitrogens with one attached hydrogen (secondary N) is 4. The van der Waals surface area contributed by atoms with Gasteiger partial charge in [0.1, 0.15) is 11.0 Å². The fraction of sp³-hybridized carbons (Fsp3) is 0.481. The molecule has 1 amide bonds. The topological polar surface area (TPSA) is 128 Å². The van der Waals surface area contributed by atoms with Gasteiger partial charge in [0.05, 0.1) is 35.5 Å². The predicted molar refractivity (Wildman–Crippen MR) is 265 cm³/mol. The van der Waals surface area contributed by atoms with Gasteiger partial charge in [0.2, 0.25) is 5.91 Å². The van der Waals surface area contributed by atoms with Crippen LogP contribution in [-0.4, -0.2) is 41.5 Å². The number of H-pyrrole nitrogens is 3. The maximum Gasteiger partial charge on any atom is 0.228 e. The Labute approximate surface area is 368 Å². The Morgan fingerprint density at radius 1 is 0.508 bits per heavy atom. The highest BCUT2D eigenvalue weighted by molar-refractivity contribution is 5.99. The average Bonchev–Trinajstić information content (AvgIpc) is 4.06. The van der Waals surface area contributed by atoms with E-state index < -0.39 is 0 Å². The third-order valence-corrected chi connectivity index (χ3v) is 9.38. The number of hydrogen-bond donors (Lipinski definition) is 4. The van der Waals surface area contributed by atoms with Gasteiger partial charge in [0, 0.05) is 11.1 Å². The summed E-state index contributed by atoms with van der Waals surface area (Å²) >= 11 is 0. The summed E-state index contributed by atoms with van der Waals surface area (Å²) in [6.45, 7) is 42.4. The highest BCUT2D eigenvalue weighted by Gasteiger charge is 2.21. The molecule has 0 saturated heterocycles. The number of carbonyl (C=O) groups excluding carboxylic acids is 1. The molecule has 0 radical (unpaired) electrons. The van der Waals surface area contributed by atoms with Gasteiger partial charge in [-0.1, -0.05) is 175 Å². The maximum atomic E-state index is 11.1. The minimum atomic E-state index is 0.103. The first-order chi connectivity index (χ1) is 28.7. The second-order valence-corrected chi connectivity index (χ2v) is 17.9. The van der Waals surface area contributed by atoms with Gasteiger partial charge in [-0.15, -0.1) is 0 Å². The maximum absolute atomic E-state index is 11.1. The van der Waals surface area contributed by atoms with Crippen LogP contribution in [0.4, 0.5) is 5.69 Å². The summed E-state index contributed by atoms with van der Waals surface area (Å²) in [6, 6.07) is 25.2. The summed E-state index contributed by atoms with van der Waals surface area (Å²) in [5.41, 5.74) is 13.2. The first-order valence-electron chi connectivity index (χ1n) is 22.3. The second-order valence-electron chi connectivity index (χ2n) is 17.9. The molecule has 61 heavy (non-hydrogen) atoms. The van der Waals surface area contributed by atoms with E-state index in [9.17, 15) is 4.79 Å². The third-order valence-electron chi connectivity index (χ3n) is 9.38. The van der Waals surface area contributed by atoms with Gasteiger partial charge in [-0.25, -0.2) is 4.98 Å². The van der Waals surface area contributed by atoms with E-state index >= 15 is 0 Å². The van der Waals surface area contributed by atoms with Crippen molar-refractivity contribution in [3.8, 4) is 0 Å². The van der Waals surface area contributed by atoms with E-state index in [4.69, 9.17) is 0 Å². The summed E-state index contributed by atoms with van der Waals surface area (Å²) in [6.07, 6.45) is 4.11. The number of fused-ring (bicyclic) bond motifs is 4. The molecule has 334 valence electrons. The number of aromatic amines is 3. The minimum absolute atomic E-state index is 0.103. The van der Waals surface area contributed by atoms with Crippen molar-refractivity contribution in [2.24, 2.45) is 0 Å². The van der Waals surface area contributed by atoms with Crippen LogP contribution in [0.1, 0.15) is 166 Å². The second kappa shape index (κ2) is 24.2. The van der Waals surface area contributed by atoms with E-state index in [0.717, 1.165) is 38.8 Å². The van der Waals surface area contributed by atoms with Gasteiger partial charge in [0.15, 0.2) is 0 Å². The Morgan fingerprint density at radius 2 is 0.967 bits per heavy atom. The van der Waals surface area contributed by atoms with Crippen molar-refractivity contribution in [2.45, 2.75) is 167 Å². The third kappa shape index (κ3) is 16.2. The quantitative estimate of drug-likeness (QED) is 0.121. The van der Waals surface area contributed by atoms with Crippen LogP contribution in [0.2, 0.25) is 0 Å². The fourth-order valence-corrected chi connectivity index (χ4v) is 5.79. The predicted octanol–water partition coefficient (Wildman–Crippen LogP) is 14.6. The highest BCUT2D eigenvalue weighted by atomic mass is 16.1. The van der Waals surface area contributed by atoms with Crippen molar-refractivity contribution in [1.29, 1.82) is 0 Å². The molecule has 0 bridgehead atoms. The summed E-state index contributed by atoms with van der Waals surface area (Å²) in [7, 11) is 0. The molecule has 9 nitrogen and oxygen atoms in total. The van der Waals surface area contributed by atoms with Gasteiger partial charge in [-0.3, -0.25) is 9.89 Å². The Kier molecular flexibility index (Phi) is 21.3.